The first-order valence-corrected chi connectivity index (χ1v) is 7.00. The molecule has 0 aliphatic carbocycles. The molecule has 0 saturated carbocycles. The van der Waals surface area contributed by atoms with Gasteiger partial charge in [0.1, 0.15) is 11.6 Å². The van der Waals surface area contributed by atoms with Crippen molar-refractivity contribution in [1.82, 2.24) is 0 Å². The van der Waals surface area contributed by atoms with Crippen molar-refractivity contribution in [2.24, 2.45) is 0 Å². The largest absolute Gasteiger partial charge is 0.496 e. The number of halogens is 3. The Morgan fingerprint density at radius 1 is 1.15 bits per heavy atom. The highest BCUT2D eigenvalue weighted by molar-refractivity contribution is 6.31. The van der Waals surface area contributed by atoms with Crippen molar-refractivity contribution in [2.45, 2.75) is 19.2 Å². The fourth-order valence-electron chi connectivity index (χ4n) is 2.35. The molecule has 1 unspecified atom stereocenters. The highest BCUT2D eigenvalue weighted by atomic mass is 35.5. The van der Waals surface area contributed by atoms with Crippen LogP contribution in [0.1, 0.15) is 27.6 Å². The third-order valence-corrected chi connectivity index (χ3v) is 4.01. The number of rotatable bonds is 3. The Kier molecular flexibility index (Phi) is 4.56. The summed E-state index contributed by atoms with van der Waals surface area (Å²) in [6, 6.07) is 8.66. The van der Waals surface area contributed by atoms with Crippen molar-refractivity contribution in [3.8, 4) is 5.75 Å². The average molecular weight is 313 g/mol. The van der Waals surface area contributed by atoms with Crippen LogP contribution >= 0.6 is 23.2 Å². The standard InChI is InChI=1S/C16H15Cl2FO/c1-9-7-11(8-10(2)16(9)20-3)14(18)12-5-4-6-13(17)15(12)19/h4-8,14H,1-3H3. The third-order valence-electron chi connectivity index (χ3n) is 3.23. The van der Waals surface area contributed by atoms with Crippen molar-refractivity contribution in [3.63, 3.8) is 0 Å². The van der Waals surface area contributed by atoms with Crippen LogP contribution in [0.5, 0.6) is 5.75 Å². The lowest BCUT2D eigenvalue weighted by Gasteiger charge is -2.16. The second kappa shape index (κ2) is 6.02. The van der Waals surface area contributed by atoms with E-state index in [1.54, 1.807) is 19.2 Å². The molecule has 1 atom stereocenters. The quantitative estimate of drug-likeness (QED) is 0.686. The number of methoxy groups -OCH3 is 1. The van der Waals surface area contributed by atoms with Gasteiger partial charge in [0, 0.05) is 5.56 Å². The maximum absolute atomic E-state index is 14.0. The second-order valence-corrected chi connectivity index (χ2v) is 5.54. The van der Waals surface area contributed by atoms with E-state index in [-0.39, 0.29) is 5.02 Å². The molecule has 0 spiro atoms. The van der Waals surface area contributed by atoms with Gasteiger partial charge in [-0.2, -0.15) is 0 Å². The van der Waals surface area contributed by atoms with Gasteiger partial charge in [0.05, 0.1) is 17.5 Å². The van der Waals surface area contributed by atoms with Gasteiger partial charge in [-0.1, -0.05) is 35.9 Å². The summed E-state index contributed by atoms with van der Waals surface area (Å²) in [6.07, 6.45) is 0. The van der Waals surface area contributed by atoms with E-state index in [0.29, 0.717) is 5.56 Å². The van der Waals surface area contributed by atoms with Gasteiger partial charge in [-0.25, -0.2) is 4.39 Å². The zero-order valence-electron chi connectivity index (χ0n) is 11.5. The molecule has 0 saturated heterocycles. The van der Waals surface area contributed by atoms with Gasteiger partial charge in [0.25, 0.3) is 0 Å². The Balaban J connectivity index is 2.49. The van der Waals surface area contributed by atoms with Crippen LogP contribution in [0.15, 0.2) is 30.3 Å². The number of aryl methyl sites for hydroxylation is 2. The molecule has 0 bridgehead atoms. The molecule has 0 fully saturated rings. The zero-order valence-corrected chi connectivity index (χ0v) is 13.0. The second-order valence-electron chi connectivity index (χ2n) is 4.69. The first kappa shape index (κ1) is 15.1. The van der Waals surface area contributed by atoms with Crippen LogP contribution in [0.3, 0.4) is 0 Å². The minimum absolute atomic E-state index is 0.0788. The summed E-state index contributed by atoms with van der Waals surface area (Å²) in [5, 5.41) is -0.507. The van der Waals surface area contributed by atoms with E-state index in [1.807, 2.05) is 26.0 Å². The molecule has 0 aromatic heterocycles. The monoisotopic (exact) mass is 312 g/mol. The summed E-state index contributed by atoms with van der Waals surface area (Å²) in [5.41, 5.74) is 3.14. The molecule has 1 nitrogen and oxygen atoms in total. The van der Waals surface area contributed by atoms with Gasteiger partial charge < -0.3 is 4.74 Å². The number of benzene rings is 2. The summed E-state index contributed by atoms with van der Waals surface area (Å²) in [6.45, 7) is 3.88. The summed E-state index contributed by atoms with van der Waals surface area (Å²) < 4.78 is 19.4. The summed E-state index contributed by atoms with van der Waals surface area (Å²) in [4.78, 5) is 0. The minimum Gasteiger partial charge on any atom is -0.496 e. The lowest BCUT2D eigenvalue weighted by Crippen LogP contribution is -2.00. The maximum atomic E-state index is 14.0. The third kappa shape index (κ3) is 2.77. The Morgan fingerprint density at radius 2 is 1.75 bits per heavy atom. The van der Waals surface area contributed by atoms with Crippen LogP contribution in [0.25, 0.3) is 0 Å². The molecule has 0 amide bonds. The predicted octanol–water partition coefficient (Wildman–Crippen LogP) is 5.43. The van der Waals surface area contributed by atoms with Gasteiger partial charge in [0.15, 0.2) is 0 Å². The van der Waals surface area contributed by atoms with E-state index in [2.05, 4.69) is 0 Å². The van der Waals surface area contributed by atoms with Gasteiger partial charge in [-0.3, -0.25) is 0 Å². The van der Waals surface area contributed by atoms with Crippen LogP contribution in [0.4, 0.5) is 4.39 Å². The molecule has 2 aromatic rings. The van der Waals surface area contributed by atoms with E-state index in [1.165, 1.54) is 6.07 Å². The molecule has 106 valence electrons. The zero-order chi connectivity index (χ0) is 14.9. The van der Waals surface area contributed by atoms with E-state index in [9.17, 15) is 4.39 Å². The molecule has 0 aliphatic rings. The van der Waals surface area contributed by atoms with Crippen molar-refractivity contribution < 1.29 is 9.13 Å². The molecular formula is C16H15Cl2FO. The van der Waals surface area contributed by atoms with E-state index in [4.69, 9.17) is 27.9 Å². The maximum Gasteiger partial charge on any atom is 0.146 e. The fourth-order valence-corrected chi connectivity index (χ4v) is 2.82. The van der Waals surface area contributed by atoms with E-state index < -0.39 is 11.2 Å². The lowest BCUT2D eigenvalue weighted by atomic mass is 9.99. The Bertz CT molecular complexity index is 617. The molecule has 2 rings (SSSR count). The van der Waals surface area contributed by atoms with Gasteiger partial charge in [0.2, 0.25) is 0 Å². The topological polar surface area (TPSA) is 9.23 Å². The highest BCUT2D eigenvalue weighted by Crippen LogP contribution is 2.36. The number of ether oxygens (including phenoxy) is 1. The Morgan fingerprint density at radius 3 is 2.30 bits per heavy atom. The van der Waals surface area contributed by atoms with Crippen LogP contribution in [0, 0.1) is 19.7 Å². The highest BCUT2D eigenvalue weighted by Gasteiger charge is 2.18. The Labute approximate surface area is 128 Å². The van der Waals surface area contributed by atoms with Crippen LogP contribution in [-0.4, -0.2) is 7.11 Å². The lowest BCUT2D eigenvalue weighted by molar-refractivity contribution is 0.408. The Hall–Kier alpha value is -1.25. The van der Waals surface area contributed by atoms with Gasteiger partial charge in [-0.15, -0.1) is 11.6 Å². The SMILES string of the molecule is COc1c(C)cc(C(Cl)c2cccc(Cl)c2F)cc1C. The molecule has 0 heterocycles. The smallest absolute Gasteiger partial charge is 0.146 e. The van der Waals surface area contributed by atoms with Crippen molar-refractivity contribution in [3.05, 3.63) is 63.4 Å². The summed E-state index contributed by atoms with van der Waals surface area (Å²) in [5.74, 6) is 0.351. The molecule has 0 radical (unpaired) electrons. The minimum atomic E-state index is -0.586. The molecular weight excluding hydrogens is 298 g/mol. The first-order valence-electron chi connectivity index (χ1n) is 6.18. The normalized spacial score (nSPS) is 12.3. The average Bonchev–Trinajstić information content (AvgIpc) is 2.41. The molecule has 20 heavy (non-hydrogen) atoms. The fraction of sp³-hybridized carbons (Fsp3) is 0.250. The molecule has 0 aliphatic heterocycles. The number of hydrogen-bond acceptors (Lipinski definition) is 1. The summed E-state index contributed by atoms with van der Waals surface area (Å²) >= 11 is 12.2. The van der Waals surface area contributed by atoms with Crippen molar-refractivity contribution in [2.75, 3.05) is 7.11 Å². The van der Waals surface area contributed by atoms with Crippen molar-refractivity contribution in [1.29, 1.82) is 0 Å². The van der Waals surface area contributed by atoms with Crippen LogP contribution < -0.4 is 4.74 Å². The van der Waals surface area contributed by atoms with E-state index in [0.717, 1.165) is 22.4 Å². The van der Waals surface area contributed by atoms with Crippen LogP contribution in [0.2, 0.25) is 5.02 Å². The predicted molar refractivity (Wildman–Crippen MR) is 81.6 cm³/mol. The van der Waals surface area contributed by atoms with Crippen molar-refractivity contribution >= 4 is 23.2 Å². The van der Waals surface area contributed by atoms with E-state index >= 15 is 0 Å². The number of hydrogen-bond donors (Lipinski definition) is 0. The molecule has 2 aromatic carbocycles. The molecule has 0 N–H and O–H groups in total. The molecule has 4 heteroatoms. The summed E-state index contributed by atoms with van der Waals surface area (Å²) in [7, 11) is 1.63. The first-order chi connectivity index (χ1) is 9.45. The van der Waals surface area contributed by atoms with Gasteiger partial charge >= 0.3 is 0 Å². The van der Waals surface area contributed by atoms with Gasteiger partial charge in [-0.05, 0) is 36.6 Å². The van der Waals surface area contributed by atoms with Crippen LogP contribution in [-0.2, 0) is 0 Å². The number of alkyl halides is 1.